The van der Waals surface area contributed by atoms with Gasteiger partial charge in [0.2, 0.25) is 0 Å². The van der Waals surface area contributed by atoms with Crippen LogP contribution in [0.1, 0.15) is 11.1 Å². The number of pyridine rings is 1. The molecule has 0 unspecified atom stereocenters. The molecule has 0 bridgehead atoms. The van der Waals surface area contributed by atoms with Crippen LogP contribution in [-0.2, 0) is 13.0 Å². The predicted octanol–water partition coefficient (Wildman–Crippen LogP) is 4.00. The molecule has 0 N–H and O–H groups in total. The first-order valence-corrected chi connectivity index (χ1v) is 8.18. The summed E-state index contributed by atoms with van der Waals surface area (Å²) in [5, 5.41) is 0.809. The van der Waals surface area contributed by atoms with E-state index in [2.05, 4.69) is 35.8 Å². The highest BCUT2D eigenvalue weighted by Crippen LogP contribution is 2.33. The molecule has 0 radical (unpaired) electrons. The number of halogens is 2. The number of aromatic nitrogens is 3. The molecule has 0 atom stereocenters. The summed E-state index contributed by atoms with van der Waals surface area (Å²) in [6.45, 7) is 1.66. The summed E-state index contributed by atoms with van der Waals surface area (Å²) in [5.74, 6) is 0.912. The Bertz CT molecular complexity index is 868. The molecule has 0 amide bonds. The van der Waals surface area contributed by atoms with Gasteiger partial charge in [0.15, 0.2) is 5.65 Å². The van der Waals surface area contributed by atoms with E-state index < -0.39 is 0 Å². The quantitative estimate of drug-likeness (QED) is 0.644. The normalized spacial score (nSPS) is 14.2. The molecule has 0 aliphatic carbocycles. The third kappa shape index (κ3) is 2.34. The van der Waals surface area contributed by atoms with Gasteiger partial charge >= 0.3 is 0 Å². The molecule has 4 nitrogen and oxygen atoms in total. The van der Waals surface area contributed by atoms with E-state index >= 15 is 0 Å². The average Bonchev–Trinajstić information content (AvgIpc) is 2.57. The van der Waals surface area contributed by atoms with Crippen molar-refractivity contribution < 1.29 is 0 Å². The Labute approximate surface area is 141 Å². The number of benzene rings is 1. The summed E-state index contributed by atoms with van der Waals surface area (Å²) in [5.41, 5.74) is 3.95. The van der Waals surface area contributed by atoms with Crippen LogP contribution in [0.2, 0.25) is 5.02 Å². The molecule has 0 saturated carbocycles. The molecule has 3 aromatic rings. The summed E-state index contributed by atoms with van der Waals surface area (Å²) in [6, 6.07) is 7.91. The lowest BCUT2D eigenvalue weighted by molar-refractivity contribution is 0.720. The van der Waals surface area contributed by atoms with E-state index in [9.17, 15) is 0 Å². The van der Waals surface area contributed by atoms with Crippen molar-refractivity contribution >= 4 is 44.5 Å². The molecule has 2 aromatic heterocycles. The number of rotatable bonds is 1. The summed E-state index contributed by atoms with van der Waals surface area (Å²) < 4.78 is 1.13. The van der Waals surface area contributed by atoms with Crippen molar-refractivity contribution in [3.63, 3.8) is 0 Å². The molecule has 0 fully saturated rings. The van der Waals surface area contributed by atoms with Gasteiger partial charge in [-0.25, -0.2) is 9.97 Å². The van der Waals surface area contributed by atoms with Crippen LogP contribution in [0.25, 0.3) is 11.2 Å². The fraction of sp³-hybridized carbons (Fsp3) is 0.188. The van der Waals surface area contributed by atoms with Crippen molar-refractivity contribution in [2.45, 2.75) is 13.0 Å². The molecular weight excluding hydrogens is 364 g/mol. The highest BCUT2D eigenvalue weighted by atomic mass is 79.9. The van der Waals surface area contributed by atoms with Crippen LogP contribution < -0.4 is 4.90 Å². The molecule has 0 saturated heterocycles. The molecule has 1 aliphatic heterocycles. The van der Waals surface area contributed by atoms with Crippen LogP contribution >= 0.6 is 27.5 Å². The van der Waals surface area contributed by atoms with E-state index in [0.717, 1.165) is 40.3 Å². The zero-order valence-electron chi connectivity index (χ0n) is 11.6. The lowest BCUT2D eigenvalue weighted by Crippen LogP contribution is -2.31. The molecule has 1 aliphatic rings. The fourth-order valence-electron chi connectivity index (χ4n) is 2.81. The molecule has 1 aromatic carbocycles. The Morgan fingerprint density at radius 2 is 1.91 bits per heavy atom. The molecular formula is C16H12BrClN4. The van der Waals surface area contributed by atoms with Crippen molar-refractivity contribution in [1.82, 2.24) is 15.0 Å². The molecule has 4 rings (SSSR count). The molecule has 22 heavy (non-hydrogen) atoms. The van der Waals surface area contributed by atoms with Gasteiger partial charge in [-0.3, -0.25) is 4.98 Å². The van der Waals surface area contributed by atoms with Crippen molar-refractivity contribution in [3.05, 3.63) is 57.3 Å². The summed E-state index contributed by atoms with van der Waals surface area (Å²) >= 11 is 9.99. The minimum absolute atomic E-state index is 0.672. The Morgan fingerprint density at radius 1 is 1.05 bits per heavy atom. The number of hydrogen-bond donors (Lipinski definition) is 0. The van der Waals surface area contributed by atoms with Crippen molar-refractivity contribution in [3.8, 4) is 0 Å². The molecule has 6 heteroatoms. The van der Waals surface area contributed by atoms with Crippen LogP contribution in [-0.4, -0.2) is 21.5 Å². The van der Waals surface area contributed by atoms with E-state index in [1.807, 2.05) is 24.3 Å². The topological polar surface area (TPSA) is 41.9 Å². The first-order chi connectivity index (χ1) is 10.7. The Hall–Kier alpha value is -1.72. The SMILES string of the molecule is Clc1ccc(Br)c2c1CN(c1ccc3nccnc3n1)CC2. The van der Waals surface area contributed by atoms with Gasteiger partial charge < -0.3 is 4.90 Å². The van der Waals surface area contributed by atoms with Crippen molar-refractivity contribution in [1.29, 1.82) is 0 Å². The highest BCUT2D eigenvalue weighted by molar-refractivity contribution is 9.10. The first-order valence-electron chi connectivity index (χ1n) is 7.01. The largest absolute Gasteiger partial charge is 0.352 e. The van der Waals surface area contributed by atoms with Gasteiger partial charge in [0.1, 0.15) is 11.3 Å². The second-order valence-corrected chi connectivity index (χ2v) is 6.49. The summed E-state index contributed by atoms with van der Waals surface area (Å²) in [4.78, 5) is 15.4. The van der Waals surface area contributed by atoms with E-state index in [1.54, 1.807) is 12.4 Å². The number of anilines is 1. The third-order valence-electron chi connectivity index (χ3n) is 3.94. The smallest absolute Gasteiger partial charge is 0.180 e. The van der Waals surface area contributed by atoms with Crippen LogP contribution in [0.15, 0.2) is 41.1 Å². The third-order valence-corrected chi connectivity index (χ3v) is 5.04. The minimum atomic E-state index is 0.672. The number of nitrogens with zero attached hydrogens (tertiary/aromatic N) is 4. The Morgan fingerprint density at radius 3 is 2.82 bits per heavy atom. The van der Waals surface area contributed by atoms with E-state index in [0.29, 0.717) is 5.65 Å². The van der Waals surface area contributed by atoms with E-state index in [4.69, 9.17) is 11.6 Å². The zero-order valence-corrected chi connectivity index (χ0v) is 14.0. The maximum absolute atomic E-state index is 6.37. The maximum Gasteiger partial charge on any atom is 0.180 e. The summed E-state index contributed by atoms with van der Waals surface area (Å²) in [7, 11) is 0. The molecule has 110 valence electrons. The molecule has 3 heterocycles. The lowest BCUT2D eigenvalue weighted by atomic mass is 10.00. The predicted molar refractivity (Wildman–Crippen MR) is 91.2 cm³/mol. The van der Waals surface area contributed by atoms with Crippen LogP contribution in [0.3, 0.4) is 0 Å². The van der Waals surface area contributed by atoms with Gasteiger partial charge in [-0.2, -0.15) is 0 Å². The zero-order chi connectivity index (χ0) is 15.1. The minimum Gasteiger partial charge on any atom is -0.352 e. The van der Waals surface area contributed by atoms with Gasteiger partial charge in [-0.1, -0.05) is 27.5 Å². The van der Waals surface area contributed by atoms with Crippen molar-refractivity contribution in [2.75, 3.05) is 11.4 Å². The van der Waals surface area contributed by atoms with Crippen LogP contribution in [0.5, 0.6) is 0 Å². The van der Waals surface area contributed by atoms with Gasteiger partial charge in [0, 0.05) is 35.0 Å². The molecule has 0 spiro atoms. The van der Waals surface area contributed by atoms with Gasteiger partial charge in [0.05, 0.1) is 0 Å². The number of fused-ring (bicyclic) bond motifs is 2. The average molecular weight is 376 g/mol. The van der Waals surface area contributed by atoms with Crippen LogP contribution in [0, 0.1) is 0 Å². The maximum atomic E-state index is 6.37. The van der Waals surface area contributed by atoms with E-state index in [1.165, 1.54) is 11.1 Å². The monoisotopic (exact) mass is 374 g/mol. The van der Waals surface area contributed by atoms with Gasteiger partial charge in [0.25, 0.3) is 0 Å². The fourth-order valence-corrected chi connectivity index (χ4v) is 3.62. The second kappa shape index (κ2) is 5.48. The summed E-state index contributed by atoms with van der Waals surface area (Å²) in [6.07, 6.45) is 4.29. The standard InChI is InChI=1S/C16H12BrClN4/c17-12-1-2-13(18)11-9-22(8-5-10(11)12)15-4-3-14-16(21-15)20-7-6-19-14/h1-4,6-7H,5,8-9H2. The van der Waals surface area contributed by atoms with Gasteiger partial charge in [-0.15, -0.1) is 0 Å². The Kier molecular flexibility index (Phi) is 3.47. The van der Waals surface area contributed by atoms with Crippen molar-refractivity contribution in [2.24, 2.45) is 0 Å². The van der Waals surface area contributed by atoms with Crippen LogP contribution in [0.4, 0.5) is 5.82 Å². The second-order valence-electron chi connectivity index (χ2n) is 5.23. The van der Waals surface area contributed by atoms with E-state index in [-0.39, 0.29) is 0 Å². The highest BCUT2D eigenvalue weighted by Gasteiger charge is 2.21. The Balaban J connectivity index is 1.73. The van der Waals surface area contributed by atoms with Gasteiger partial charge in [-0.05, 0) is 41.8 Å². The number of hydrogen-bond acceptors (Lipinski definition) is 4. The lowest BCUT2D eigenvalue weighted by Gasteiger charge is -2.31. The first kappa shape index (κ1) is 13.9.